The summed E-state index contributed by atoms with van der Waals surface area (Å²) in [6, 6.07) is 14.5. The molecule has 1 atom stereocenters. The standard InChI is InChI=1S/C24H21Br2FN2O3/c1-32-24(31)23-18(10-25)28-19-12-29(11-14-5-3-2-4-6-14)13-20(30)22(19)21(23)15-7-8-17(27)16(26)9-15/h2-9,21,28H,10-13H2,1H3. The van der Waals surface area contributed by atoms with Crippen molar-refractivity contribution in [2.75, 3.05) is 25.5 Å². The Kier molecular flexibility index (Phi) is 6.93. The summed E-state index contributed by atoms with van der Waals surface area (Å²) in [4.78, 5) is 28.3. The minimum atomic E-state index is -0.644. The molecule has 0 aromatic heterocycles. The Bertz CT molecular complexity index is 1130. The summed E-state index contributed by atoms with van der Waals surface area (Å²) in [6.45, 7) is 1.39. The Morgan fingerprint density at radius 1 is 1.22 bits per heavy atom. The number of ketones is 1. The second-order valence-corrected chi connectivity index (χ2v) is 9.11. The third-order valence-corrected chi connectivity index (χ3v) is 6.81. The number of rotatable bonds is 5. The van der Waals surface area contributed by atoms with E-state index in [1.54, 1.807) is 12.1 Å². The SMILES string of the molecule is COC(=O)C1=C(CBr)NC2=C(C(=O)CN(Cc3ccccc3)C2)C1c1ccc(F)c(Br)c1. The van der Waals surface area contributed by atoms with Gasteiger partial charge in [0.05, 0.1) is 23.7 Å². The van der Waals surface area contributed by atoms with Crippen molar-refractivity contribution in [1.82, 2.24) is 10.2 Å². The second kappa shape index (κ2) is 9.68. The van der Waals surface area contributed by atoms with Crippen LogP contribution in [0.2, 0.25) is 0 Å². The van der Waals surface area contributed by atoms with Gasteiger partial charge in [-0.3, -0.25) is 9.69 Å². The van der Waals surface area contributed by atoms with Crippen LogP contribution in [0.5, 0.6) is 0 Å². The summed E-state index contributed by atoms with van der Waals surface area (Å²) in [5.41, 5.74) is 4.03. The summed E-state index contributed by atoms with van der Waals surface area (Å²) in [6.07, 6.45) is 0. The molecule has 0 aliphatic carbocycles. The van der Waals surface area contributed by atoms with Crippen LogP contribution in [0.25, 0.3) is 0 Å². The molecule has 0 bridgehead atoms. The first-order valence-corrected chi connectivity index (χ1v) is 12.0. The lowest BCUT2D eigenvalue weighted by atomic mass is 9.77. The van der Waals surface area contributed by atoms with Gasteiger partial charge in [-0.25, -0.2) is 9.18 Å². The second-order valence-electron chi connectivity index (χ2n) is 7.70. The van der Waals surface area contributed by atoms with Gasteiger partial charge in [-0.2, -0.15) is 0 Å². The number of esters is 1. The van der Waals surface area contributed by atoms with Gasteiger partial charge in [0.2, 0.25) is 0 Å². The Morgan fingerprint density at radius 2 is 1.97 bits per heavy atom. The van der Waals surface area contributed by atoms with Crippen LogP contribution in [-0.4, -0.2) is 42.2 Å². The highest BCUT2D eigenvalue weighted by Crippen LogP contribution is 2.42. The molecule has 0 saturated carbocycles. The maximum absolute atomic E-state index is 13.9. The highest BCUT2D eigenvalue weighted by atomic mass is 79.9. The van der Waals surface area contributed by atoms with E-state index in [0.29, 0.717) is 40.8 Å². The predicted molar refractivity (Wildman–Crippen MR) is 127 cm³/mol. The number of ether oxygens (including phenoxy) is 1. The molecule has 2 aromatic rings. The van der Waals surface area contributed by atoms with Crippen molar-refractivity contribution >= 4 is 43.6 Å². The number of allylic oxidation sites excluding steroid dienone is 1. The summed E-state index contributed by atoms with van der Waals surface area (Å²) >= 11 is 6.68. The number of carbonyl (C=O) groups excluding carboxylic acids is 2. The number of carbonyl (C=O) groups is 2. The van der Waals surface area contributed by atoms with Crippen molar-refractivity contribution in [2.24, 2.45) is 0 Å². The zero-order valence-electron chi connectivity index (χ0n) is 17.3. The third-order valence-electron chi connectivity index (χ3n) is 5.64. The van der Waals surface area contributed by atoms with Crippen LogP contribution in [0, 0.1) is 5.82 Å². The Labute approximate surface area is 202 Å². The van der Waals surface area contributed by atoms with Crippen LogP contribution in [0.1, 0.15) is 17.0 Å². The van der Waals surface area contributed by atoms with E-state index in [4.69, 9.17) is 4.74 Å². The number of nitrogens with one attached hydrogen (secondary N) is 1. The van der Waals surface area contributed by atoms with Gasteiger partial charge in [0.15, 0.2) is 5.78 Å². The average Bonchev–Trinajstić information content (AvgIpc) is 2.79. The van der Waals surface area contributed by atoms with Crippen LogP contribution in [-0.2, 0) is 20.9 Å². The predicted octanol–water partition coefficient (Wildman–Crippen LogP) is 4.44. The number of halogens is 3. The van der Waals surface area contributed by atoms with E-state index in [1.807, 2.05) is 30.3 Å². The highest BCUT2D eigenvalue weighted by Gasteiger charge is 2.41. The molecule has 0 spiro atoms. The molecule has 0 fully saturated rings. The lowest BCUT2D eigenvalue weighted by molar-refractivity contribution is -0.136. The zero-order valence-corrected chi connectivity index (χ0v) is 20.5. The van der Waals surface area contributed by atoms with Gasteiger partial charge in [0.1, 0.15) is 5.82 Å². The number of dihydropyridines is 1. The number of nitrogens with zero attached hydrogens (tertiary/aromatic N) is 1. The lowest BCUT2D eigenvalue weighted by Crippen LogP contribution is -2.45. The number of Topliss-reactive ketones (excluding diaryl/α,β-unsaturated/α-hetero) is 1. The van der Waals surface area contributed by atoms with Crippen molar-refractivity contribution in [3.05, 3.63) is 92.5 Å². The van der Waals surface area contributed by atoms with Crippen molar-refractivity contribution in [3.63, 3.8) is 0 Å². The van der Waals surface area contributed by atoms with Crippen LogP contribution in [0.15, 0.2) is 75.5 Å². The minimum absolute atomic E-state index is 0.0739. The molecule has 2 aliphatic heterocycles. The van der Waals surface area contributed by atoms with Crippen molar-refractivity contribution in [2.45, 2.75) is 12.5 Å². The molecule has 2 heterocycles. The van der Waals surface area contributed by atoms with Crippen LogP contribution in [0.3, 0.4) is 0 Å². The van der Waals surface area contributed by atoms with E-state index in [2.05, 4.69) is 42.1 Å². The summed E-state index contributed by atoms with van der Waals surface area (Å²) < 4.78 is 19.3. The van der Waals surface area contributed by atoms with Gasteiger partial charge in [0, 0.05) is 41.3 Å². The van der Waals surface area contributed by atoms with Gasteiger partial charge < -0.3 is 10.1 Å². The van der Waals surface area contributed by atoms with E-state index in [0.717, 1.165) is 11.3 Å². The molecule has 2 aliphatic rings. The fraction of sp³-hybridized carbons (Fsp3) is 0.250. The summed E-state index contributed by atoms with van der Waals surface area (Å²) in [5.74, 6) is -1.65. The molecule has 1 unspecified atom stereocenters. The summed E-state index contributed by atoms with van der Waals surface area (Å²) in [7, 11) is 1.31. The first kappa shape index (κ1) is 22.9. The first-order chi connectivity index (χ1) is 15.4. The molecular weight excluding hydrogens is 543 g/mol. The fourth-order valence-electron chi connectivity index (χ4n) is 4.27. The fourth-order valence-corrected chi connectivity index (χ4v) is 5.11. The first-order valence-electron chi connectivity index (χ1n) is 10.0. The van der Waals surface area contributed by atoms with Crippen LogP contribution < -0.4 is 5.32 Å². The minimum Gasteiger partial charge on any atom is -0.466 e. The van der Waals surface area contributed by atoms with E-state index in [-0.39, 0.29) is 16.8 Å². The van der Waals surface area contributed by atoms with Crippen molar-refractivity contribution < 1.29 is 18.7 Å². The van der Waals surface area contributed by atoms with Crippen LogP contribution in [0.4, 0.5) is 4.39 Å². The number of hydrogen-bond donors (Lipinski definition) is 1. The highest BCUT2D eigenvalue weighted by molar-refractivity contribution is 9.10. The van der Waals surface area contributed by atoms with E-state index >= 15 is 0 Å². The number of hydrogen-bond acceptors (Lipinski definition) is 5. The van der Waals surface area contributed by atoms with Crippen molar-refractivity contribution in [3.8, 4) is 0 Å². The maximum Gasteiger partial charge on any atom is 0.336 e. The molecule has 166 valence electrons. The smallest absolute Gasteiger partial charge is 0.336 e. The van der Waals surface area contributed by atoms with Gasteiger partial charge in [-0.1, -0.05) is 52.3 Å². The normalized spacial score (nSPS) is 19.0. The molecule has 5 nitrogen and oxygen atoms in total. The maximum atomic E-state index is 13.9. The van der Waals surface area contributed by atoms with E-state index in [1.165, 1.54) is 13.2 Å². The van der Waals surface area contributed by atoms with Gasteiger partial charge in [-0.15, -0.1) is 0 Å². The number of alkyl halides is 1. The quantitative estimate of drug-likeness (QED) is 0.431. The zero-order chi connectivity index (χ0) is 22.8. The Balaban J connectivity index is 1.78. The summed E-state index contributed by atoms with van der Waals surface area (Å²) in [5, 5.41) is 3.68. The van der Waals surface area contributed by atoms with Gasteiger partial charge >= 0.3 is 5.97 Å². The average molecular weight is 564 g/mol. The molecule has 0 saturated heterocycles. The lowest BCUT2D eigenvalue weighted by Gasteiger charge is -2.38. The van der Waals surface area contributed by atoms with Gasteiger partial charge in [0.25, 0.3) is 0 Å². The topological polar surface area (TPSA) is 58.6 Å². The molecule has 8 heteroatoms. The molecule has 0 radical (unpaired) electrons. The van der Waals surface area contributed by atoms with Crippen molar-refractivity contribution in [1.29, 1.82) is 0 Å². The monoisotopic (exact) mass is 562 g/mol. The molecular formula is C24H21Br2FN2O3. The number of benzene rings is 2. The Morgan fingerprint density at radius 3 is 2.62 bits per heavy atom. The largest absolute Gasteiger partial charge is 0.466 e. The Hall–Kier alpha value is -2.29. The van der Waals surface area contributed by atoms with Crippen LogP contribution >= 0.6 is 31.9 Å². The third kappa shape index (κ3) is 4.44. The molecule has 0 amide bonds. The molecule has 1 N–H and O–H groups in total. The number of methoxy groups -OCH3 is 1. The molecule has 4 rings (SSSR count). The van der Waals surface area contributed by atoms with Gasteiger partial charge in [-0.05, 0) is 39.2 Å². The van der Waals surface area contributed by atoms with E-state index < -0.39 is 17.7 Å². The molecule has 2 aromatic carbocycles. The molecule has 32 heavy (non-hydrogen) atoms. The van der Waals surface area contributed by atoms with E-state index in [9.17, 15) is 14.0 Å².